The zero-order valence-electron chi connectivity index (χ0n) is 20.7. The molecule has 37 heavy (non-hydrogen) atoms. The van der Waals surface area contributed by atoms with Gasteiger partial charge >= 0.3 is 5.97 Å². The first-order valence-electron chi connectivity index (χ1n) is 12.0. The molecule has 0 radical (unpaired) electrons. The summed E-state index contributed by atoms with van der Waals surface area (Å²) in [6.45, 7) is 3.56. The summed E-state index contributed by atoms with van der Waals surface area (Å²) < 4.78 is 5.84. The fourth-order valence-corrected chi connectivity index (χ4v) is 3.85. The van der Waals surface area contributed by atoms with Crippen molar-refractivity contribution in [2.45, 2.75) is 64.6 Å². The minimum atomic E-state index is -1.21. The molecule has 0 aliphatic carbocycles. The number of aryl methyl sites for hydroxylation is 2. The van der Waals surface area contributed by atoms with Gasteiger partial charge in [-0.3, -0.25) is 23.7 Å². The van der Waals surface area contributed by atoms with Crippen LogP contribution in [-0.4, -0.2) is 48.7 Å². The Morgan fingerprint density at radius 2 is 1.92 bits per heavy atom. The Hall–Kier alpha value is -4.35. The Balaban J connectivity index is 1.68. The highest BCUT2D eigenvalue weighted by Crippen LogP contribution is 2.13. The van der Waals surface area contributed by atoms with Gasteiger partial charge in [0.15, 0.2) is 11.6 Å². The second-order valence-electron chi connectivity index (χ2n) is 8.53. The predicted molar refractivity (Wildman–Crippen MR) is 133 cm³/mol. The maximum atomic E-state index is 13.1. The van der Waals surface area contributed by atoms with E-state index in [-0.39, 0.29) is 31.0 Å². The maximum Gasteiger partial charge on any atom is 0.305 e. The third-order valence-corrected chi connectivity index (χ3v) is 5.88. The van der Waals surface area contributed by atoms with E-state index in [1.807, 2.05) is 30.3 Å². The summed E-state index contributed by atoms with van der Waals surface area (Å²) in [4.78, 5) is 54.4. The van der Waals surface area contributed by atoms with E-state index < -0.39 is 35.9 Å². The van der Waals surface area contributed by atoms with E-state index >= 15 is 0 Å². The number of benzene rings is 1. The van der Waals surface area contributed by atoms with Crippen LogP contribution in [0.5, 0.6) is 0 Å². The Bertz CT molecular complexity index is 1270. The van der Waals surface area contributed by atoms with Gasteiger partial charge in [0, 0.05) is 18.8 Å². The number of hydrogen-bond acceptors (Lipinski definition) is 9. The van der Waals surface area contributed by atoms with E-state index in [9.17, 15) is 24.3 Å². The van der Waals surface area contributed by atoms with Crippen molar-refractivity contribution in [1.29, 1.82) is 0 Å². The van der Waals surface area contributed by atoms with Crippen molar-refractivity contribution < 1.29 is 24.1 Å². The number of Topliss-reactive ketones (excluding diaryl/α,β-unsaturated/α-hetero) is 1. The summed E-state index contributed by atoms with van der Waals surface area (Å²) in [7, 11) is 0. The van der Waals surface area contributed by atoms with Crippen LogP contribution >= 0.6 is 0 Å². The number of carbonyl (C=O) groups is 3. The van der Waals surface area contributed by atoms with Crippen LogP contribution in [0.25, 0.3) is 0 Å². The minimum absolute atomic E-state index is 0.00442. The van der Waals surface area contributed by atoms with Gasteiger partial charge in [-0.15, -0.1) is 0 Å². The zero-order chi connectivity index (χ0) is 26.8. The number of rotatable bonds is 14. The molecule has 0 bridgehead atoms. The van der Waals surface area contributed by atoms with E-state index in [2.05, 4.69) is 30.6 Å². The highest BCUT2D eigenvalue weighted by Gasteiger charge is 2.28. The molecule has 2 heterocycles. The third-order valence-electron chi connectivity index (χ3n) is 5.88. The standard InChI is InChI=1S/C25H30N6O6/c1-3-20(31-13-12-26-23(25(31)36)27-15-19-16(2)29-37-30-19)24(35)28-18(14-22(33)34)21(32)11-7-10-17-8-5-4-6-9-17/h4-6,8-9,12-13,18,20H,3,7,10-11,14-15H2,1-2H3,(H,26,27)(H,28,35)(H,33,34)/t18-,20?/m0/s1. The van der Waals surface area contributed by atoms with Crippen LogP contribution in [-0.2, 0) is 27.3 Å². The van der Waals surface area contributed by atoms with E-state index in [1.54, 1.807) is 13.8 Å². The molecule has 1 aromatic carbocycles. The number of nitrogens with zero attached hydrogens (tertiary/aromatic N) is 4. The average Bonchev–Trinajstić information content (AvgIpc) is 3.29. The molecule has 1 amide bonds. The smallest absolute Gasteiger partial charge is 0.305 e. The van der Waals surface area contributed by atoms with Crippen molar-refractivity contribution in [3.05, 3.63) is 70.0 Å². The first-order chi connectivity index (χ1) is 17.8. The number of ketones is 1. The molecular formula is C25H30N6O6. The SMILES string of the molecule is CCC(C(=O)N[C@@H](CC(=O)O)C(=O)CCCc1ccccc1)n1ccnc(NCc2nonc2C)c1=O. The lowest BCUT2D eigenvalue weighted by molar-refractivity contribution is -0.140. The van der Waals surface area contributed by atoms with E-state index in [0.717, 1.165) is 5.56 Å². The number of aliphatic carboxylic acids is 1. The Kier molecular flexibility index (Phi) is 9.64. The number of anilines is 1. The summed E-state index contributed by atoms with van der Waals surface area (Å²) in [5.41, 5.74) is 1.58. The quantitative estimate of drug-likeness (QED) is 0.292. The van der Waals surface area contributed by atoms with Gasteiger partial charge in [-0.05, 0) is 31.7 Å². The van der Waals surface area contributed by atoms with Gasteiger partial charge in [0.2, 0.25) is 5.91 Å². The molecule has 0 saturated carbocycles. The maximum absolute atomic E-state index is 13.1. The van der Waals surface area contributed by atoms with Gasteiger partial charge in [-0.25, -0.2) is 9.61 Å². The molecule has 3 N–H and O–H groups in total. The topological polar surface area (TPSA) is 169 Å². The number of carboxylic acids is 1. The largest absolute Gasteiger partial charge is 0.481 e. The summed E-state index contributed by atoms with van der Waals surface area (Å²) >= 11 is 0. The number of carboxylic acid groups (broad SMARTS) is 1. The molecular weight excluding hydrogens is 480 g/mol. The average molecular weight is 511 g/mol. The minimum Gasteiger partial charge on any atom is -0.481 e. The van der Waals surface area contributed by atoms with Crippen molar-refractivity contribution in [3.8, 4) is 0 Å². The lowest BCUT2D eigenvalue weighted by atomic mass is 10.0. The molecule has 12 nitrogen and oxygen atoms in total. The van der Waals surface area contributed by atoms with Crippen molar-refractivity contribution in [2.75, 3.05) is 5.32 Å². The van der Waals surface area contributed by atoms with Crippen molar-refractivity contribution in [1.82, 2.24) is 25.2 Å². The van der Waals surface area contributed by atoms with Gasteiger partial charge < -0.3 is 15.7 Å². The number of nitrogens with one attached hydrogen (secondary N) is 2. The Labute approximate surface area is 213 Å². The molecule has 0 spiro atoms. The second kappa shape index (κ2) is 13.1. The molecule has 3 aromatic rings. The number of hydrogen-bond donors (Lipinski definition) is 3. The molecule has 2 atom stereocenters. The highest BCUT2D eigenvalue weighted by atomic mass is 16.6. The van der Waals surface area contributed by atoms with Crippen molar-refractivity contribution in [3.63, 3.8) is 0 Å². The van der Waals surface area contributed by atoms with Crippen molar-refractivity contribution >= 4 is 23.5 Å². The van der Waals surface area contributed by atoms with Crippen LogP contribution in [0.1, 0.15) is 55.6 Å². The first-order valence-corrected chi connectivity index (χ1v) is 12.0. The van der Waals surface area contributed by atoms with Gasteiger partial charge in [0.05, 0.1) is 19.0 Å². The van der Waals surface area contributed by atoms with Gasteiger partial charge in [0.25, 0.3) is 5.56 Å². The Morgan fingerprint density at radius 3 is 2.57 bits per heavy atom. The van der Waals surface area contributed by atoms with E-state index in [1.165, 1.54) is 17.0 Å². The van der Waals surface area contributed by atoms with E-state index in [4.69, 9.17) is 0 Å². The van der Waals surface area contributed by atoms with Gasteiger partial charge in [-0.1, -0.05) is 47.6 Å². The predicted octanol–water partition coefficient (Wildman–Crippen LogP) is 2.05. The summed E-state index contributed by atoms with van der Waals surface area (Å²) in [5.74, 6) is -2.21. The lowest BCUT2D eigenvalue weighted by Gasteiger charge is -2.22. The van der Waals surface area contributed by atoms with Gasteiger partial charge in [0.1, 0.15) is 17.4 Å². The molecule has 0 saturated heterocycles. The van der Waals surface area contributed by atoms with Crippen LogP contribution in [0.15, 0.2) is 52.1 Å². The van der Waals surface area contributed by atoms with Crippen LogP contribution in [0.2, 0.25) is 0 Å². The van der Waals surface area contributed by atoms with E-state index in [0.29, 0.717) is 24.2 Å². The summed E-state index contributed by atoms with van der Waals surface area (Å²) in [6, 6.07) is 7.44. The van der Waals surface area contributed by atoms with Crippen LogP contribution in [0, 0.1) is 6.92 Å². The monoisotopic (exact) mass is 510 g/mol. The summed E-state index contributed by atoms with van der Waals surface area (Å²) in [6.07, 6.45) is 3.72. The number of carbonyl (C=O) groups excluding carboxylic acids is 2. The molecule has 0 fully saturated rings. The van der Waals surface area contributed by atoms with Gasteiger partial charge in [-0.2, -0.15) is 0 Å². The molecule has 2 aromatic heterocycles. The van der Waals surface area contributed by atoms with Crippen LogP contribution < -0.4 is 16.2 Å². The highest BCUT2D eigenvalue weighted by molar-refractivity contribution is 5.92. The zero-order valence-corrected chi connectivity index (χ0v) is 20.7. The number of aromatic nitrogens is 4. The molecule has 12 heteroatoms. The van der Waals surface area contributed by atoms with Crippen molar-refractivity contribution in [2.24, 2.45) is 0 Å². The first kappa shape index (κ1) is 27.2. The molecule has 196 valence electrons. The van der Waals surface area contributed by atoms with Crippen LogP contribution in [0.4, 0.5) is 5.82 Å². The molecule has 1 unspecified atom stereocenters. The van der Waals surface area contributed by atoms with Crippen LogP contribution in [0.3, 0.4) is 0 Å². The second-order valence-corrected chi connectivity index (χ2v) is 8.53. The normalized spacial score (nSPS) is 12.5. The molecule has 0 aliphatic heterocycles. The molecule has 3 rings (SSSR count). The fourth-order valence-electron chi connectivity index (χ4n) is 3.85. The number of amides is 1. The lowest BCUT2D eigenvalue weighted by Crippen LogP contribution is -2.46. The molecule has 0 aliphatic rings. The third kappa shape index (κ3) is 7.56. The fraction of sp³-hybridized carbons (Fsp3) is 0.400. The summed E-state index contributed by atoms with van der Waals surface area (Å²) in [5, 5.41) is 22.1. The Morgan fingerprint density at radius 1 is 1.16 bits per heavy atom.